The number of nitrogens with zero attached hydrogens (tertiary/aromatic N) is 2. The summed E-state index contributed by atoms with van der Waals surface area (Å²) >= 11 is 0. The van der Waals surface area contributed by atoms with E-state index < -0.39 is 0 Å². The van der Waals surface area contributed by atoms with Gasteiger partial charge in [-0.05, 0) is 35.8 Å². The molecule has 0 amide bonds. The minimum absolute atomic E-state index is 0.202. The van der Waals surface area contributed by atoms with Crippen molar-refractivity contribution in [3.8, 4) is 0 Å². The second-order valence-electron chi connectivity index (χ2n) is 5.34. The van der Waals surface area contributed by atoms with Crippen LogP contribution in [0.4, 0.5) is 0 Å². The number of ether oxygens (including phenoxy) is 1. The van der Waals surface area contributed by atoms with Crippen LogP contribution in [0.15, 0.2) is 66.4 Å². The maximum absolute atomic E-state index is 12.5. The second-order valence-corrected chi connectivity index (χ2v) is 5.34. The maximum atomic E-state index is 12.5. The van der Waals surface area contributed by atoms with Crippen LogP contribution in [0.3, 0.4) is 0 Å². The fourth-order valence-corrected chi connectivity index (χ4v) is 2.75. The molecule has 2 heterocycles. The van der Waals surface area contributed by atoms with Crippen molar-refractivity contribution >= 4 is 17.6 Å². The van der Waals surface area contributed by atoms with Crippen LogP contribution >= 0.6 is 0 Å². The van der Waals surface area contributed by atoms with Crippen LogP contribution in [0.5, 0.6) is 0 Å². The van der Waals surface area contributed by atoms with Crippen LogP contribution in [0.2, 0.25) is 0 Å². The second kappa shape index (κ2) is 6.48. The monoisotopic (exact) mass is 306 g/mol. The fraction of sp³-hybridized carbons (Fsp3) is 0.158. The van der Waals surface area contributed by atoms with Crippen molar-refractivity contribution in [1.82, 2.24) is 9.78 Å². The third kappa shape index (κ3) is 3.01. The molecule has 0 fully saturated rings. The average Bonchev–Trinajstić information content (AvgIpc) is 3.02. The molecule has 0 saturated carbocycles. The minimum Gasteiger partial charge on any atom is -0.458 e. The Labute approximate surface area is 135 Å². The lowest BCUT2D eigenvalue weighted by Gasteiger charge is -2.22. The van der Waals surface area contributed by atoms with Crippen LogP contribution in [0, 0.1) is 0 Å². The topological polar surface area (TPSA) is 44.1 Å². The number of rotatable bonds is 4. The van der Waals surface area contributed by atoms with Crippen molar-refractivity contribution < 1.29 is 9.53 Å². The van der Waals surface area contributed by atoms with E-state index in [1.54, 1.807) is 12.3 Å². The lowest BCUT2D eigenvalue weighted by molar-refractivity contribution is -0.137. The van der Waals surface area contributed by atoms with Gasteiger partial charge in [0.1, 0.15) is 6.61 Å². The molecule has 0 radical (unpaired) electrons. The van der Waals surface area contributed by atoms with Crippen LogP contribution in [-0.2, 0) is 16.1 Å². The Morgan fingerprint density at radius 2 is 2.13 bits per heavy atom. The highest BCUT2D eigenvalue weighted by Crippen LogP contribution is 2.32. The molecule has 2 aromatic rings. The normalized spacial score (nSPS) is 15.4. The number of fused-ring (bicyclic) bond motifs is 1. The van der Waals surface area contributed by atoms with E-state index in [9.17, 15) is 4.79 Å². The highest BCUT2D eigenvalue weighted by molar-refractivity contribution is 6.03. The summed E-state index contributed by atoms with van der Waals surface area (Å²) in [6, 6.07) is 11.8. The number of aromatic nitrogens is 2. The van der Waals surface area contributed by atoms with Crippen molar-refractivity contribution in [2.24, 2.45) is 0 Å². The van der Waals surface area contributed by atoms with Gasteiger partial charge in [0.05, 0.1) is 17.8 Å². The lowest BCUT2D eigenvalue weighted by atomic mass is 9.93. The van der Waals surface area contributed by atoms with Crippen LogP contribution in [0.1, 0.15) is 18.2 Å². The third-order valence-electron chi connectivity index (χ3n) is 3.79. The zero-order valence-corrected chi connectivity index (χ0v) is 13.0. The Morgan fingerprint density at radius 3 is 2.87 bits per heavy atom. The van der Waals surface area contributed by atoms with Gasteiger partial charge in [0.25, 0.3) is 0 Å². The summed E-state index contributed by atoms with van der Waals surface area (Å²) in [5.41, 5.74) is 4.38. The molecule has 116 valence electrons. The number of hydrogen-bond donors (Lipinski definition) is 0. The van der Waals surface area contributed by atoms with E-state index in [0.29, 0.717) is 12.1 Å². The zero-order chi connectivity index (χ0) is 16.2. The number of carbonyl (C=O) groups is 1. The summed E-state index contributed by atoms with van der Waals surface area (Å²) in [5.74, 6) is -0.322. The predicted octanol–water partition coefficient (Wildman–Crippen LogP) is 3.48. The number of benzene rings is 1. The first-order chi connectivity index (χ1) is 11.2. The van der Waals surface area contributed by atoms with Crippen LogP contribution < -0.4 is 0 Å². The van der Waals surface area contributed by atoms with Gasteiger partial charge >= 0.3 is 5.97 Å². The molecule has 1 aliphatic rings. The van der Waals surface area contributed by atoms with Gasteiger partial charge < -0.3 is 4.74 Å². The predicted molar refractivity (Wildman–Crippen MR) is 90.4 cm³/mol. The summed E-state index contributed by atoms with van der Waals surface area (Å²) < 4.78 is 7.17. The van der Waals surface area contributed by atoms with E-state index in [4.69, 9.17) is 4.74 Å². The highest BCUT2D eigenvalue weighted by Gasteiger charge is 2.26. The number of carbonyl (C=O) groups excluding carboxylic acids is 1. The Hall–Kier alpha value is -2.88. The minimum atomic E-state index is -0.322. The van der Waals surface area contributed by atoms with E-state index in [2.05, 4.69) is 11.7 Å². The van der Waals surface area contributed by atoms with Gasteiger partial charge in [0, 0.05) is 6.20 Å². The Bertz CT molecular complexity index is 798. The SMILES string of the molecule is C=CCOC(=O)C1=C(C)c2ccnn2C/C1=C/c1ccccc1. The van der Waals surface area contributed by atoms with Crippen molar-refractivity contribution in [1.29, 1.82) is 0 Å². The smallest absolute Gasteiger partial charge is 0.339 e. The molecule has 1 aromatic carbocycles. The summed E-state index contributed by atoms with van der Waals surface area (Å²) in [6.45, 7) is 6.27. The lowest BCUT2D eigenvalue weighted by Crippen LogP contribution is -2.20. The Balaban J connectivity index is 2.07. The molecule has 1 aliphatic heterocycles. The number of esters is 1. The molecular formula is C19H18N2O2. The first-order valence-corrected chi connectivity index (χ1v) is 7.48. The molecule has 4 nitrogen and oxygen atoms in total. The van der Waals surface area contributed by atoms with Crippen molar-refractivity contribution in [3.05, 3.63) is 77.7 Å². The largest absolute Gasteiger partial charge is 0.458 e. The molecule has 3 rings (SSSR count). The molecule has 0 atom stereocenters. The van der Waals surface area contributed by atoms with E-state index >= 15 is 0 Å². The van der Waals surface area contributed by atoms with Gasteiger partial charge in [-0.2, -0.15) is 5.10 Å². The molecule has 0 spiro atoms. The summed E-state index contributed by atoms with van der Waals surface area (Å²) in [6.07, 6.45) is 5.33. The van der Waals surface area contributed by atoms with E-state index in [0.717, 1.165) is 22.4 Å². The van der Waals surface area contributed by atoms with E-state index in [-0.39, 0.29) is 12.6 Å². The van der Waals surface area contributed by atoms with Gasteiger partial charge in [-0.3, -0.25) is 4.68 Å². The average molecular weight is 306 g/mol. The van der Waals surface area contributed by atoms with Crippen molar-refractivity contribution in [2.45, 2.75) is 13.5 Å². The van der Waals surface area contributed by atoms with Gasteiger partial charge in [-0.15, -0.1) is 0 Å². The van der Waals surface area contributed by atoms with Crippen molar-refractivity contribution in [2.75, 3.05) is 6.61 Å². The molecule has 0 saturated heterocycles. The molecule has 23 heavy (non-hydrogen) atoms. The Kier molecular flexibility index (Phi) is 4.24. The number of allylic oxidation sites excluding steroid dienone is 1. The van der Waals surface area contributed by atoms with Gasteiger partial charge in [-0.25, -0.2) is 4.79 Å². The molecule has 0 bridgehead atoms. The Morgan fingerprint density at radius 1 is 1.35 bits per heavy atom. The first-order valence-electron chi connectivity index (χ1n) is 7.48. The van der Waals surface area contributed by atoms with Crippen LogP contribution in [0.25, 0.3) is 11.6 Å². The quantitative estimate of drug-likeness (QED) is 0.641. The third-order valence-corrected chi connectivity index (χ3v) is 3.79. The summed E-state index contributed by atoms with van der Waals surface area (Å²) in [4.78, 5) is 12.5. The maximum Gasteiger partial charge on any atom is 0.339 e. The highest BCUT2D eigenvalue weighted by atomic mass is 16.5. The summed E-state index contributed by atoms with van der Waals surface area (Å²) in [5, 5.41) is 4.33. The fourth-order valence-electron chi connectivity index (χ4n) is 2.75. The van der Waals surface area contributed by atoms with E-state index in [1.165, 1.54) is 0 Å². The summed E-state index contributed by atoms with van der Waals surface area (Å²) in [7, 11) is 0. The molecular weight excluding hydrogens is 288 g/mol. The zero-order valence-electron chi connectivity index (χ0n) is 13.0. The van der Waals surface area contributed by atoms with E-state index in [1.807, 2.05) is 54.1 Å². The standard InChI is InChI=1S/C19H18N2O2/c1-3-11-23-19(22)18-14(2)17-9-10-20-21(17)13-16(18)12-15-7-5-4-6-8-15/h3-10,12H,1,11,13H2,2H3/b16-12-. The molecule has 0 unspecified atom stereocenters. The number of hydrogen-bond acceptors (Lipinski definition) is 3. The van der Waals surface area contributed by atoms with Gasteiger partial charge in [0.15, 0.2) is 0 Å². The molecule has 1 aromatic heterocycles. The molecule has 0 N–H and O–H groups in total. The first kappa shape index (κ1) is 15.0. The molecule has 4 heteroatoms. The van der Waals surface area contributed by atoms with Gasteiger partial charge in [0.2, 0.25) is 0 Å². The molecule has 0 aliphatic carbocycles. The van der Waals surface area contributed by atoms with Gasteiger partial charge in [-0.1, -0.05) is 43.0 Å². The van der Waals surface area contributed by atoms with Crippen LogP contribution in [-0.4, -0.2) is 22.4 Å². The van der Waals surface area contributed by atoms with Crippen molar-refractivity contribution in [3.63, 3.8) is 0 Å².